The standard InChI is InChI=1S/C12H10BrNO3/c13-7-3-4-9-8(6-7)12(11(16)14-9)5-1-2-10(15)17-12/h3-4,6H,1-2,5H2,(H,14,16). The van der Waals surface area contributed by atoms with Gasteiger partial charge >= 0.3 is 5.97 Å². The van der Waals surface area contributed by atoms with Crippen LogP contribution in [0.2, 0.25) is 0 Å². The Bertz CT molecular complexity index is 528. The molecule has 1 amide bonds. The van der Waals surface area contributed by atoms with E-state index in [4.69, 9.17) is 4.74 Å². The van der Waals surface area contributed by atoms with E-state index in [1.165, 1.54) is 0 Å². The van der Waals surface area contributed by atoms with E-state index in [9.17, 15) is 9.59 Å². The van der Waals surface area contributed by atoms with Gasteiger partial charge in [0.05, 0.1) is 0 Å². The lowest BCUT2D eigenvalue weighted by molar-refractivity contribution is -0.173. The Hall–Kier alpha value is -1.36. The molecule has 0 aliphatic carbocycles. The monoisotopic (exact) mass is 295 g/mol. The fourth-order valence-corrected chi connectivity index (χ4v) is 2.79. The zero-order valence-electron chi connectivity index (χ0n) is 8.96. The van der Waals surface area contributed by atoms with Crippen molar-refractivity contribution in [3.05, 3.63) is 28.2 Å². The molecule has 2 heterocycles. The molecule has 1 atom stereocenters. The molecule has 1 unspecified atom stereocenters. The summed E-state index contributed by atoms with van der Waals surface area (Å²) in [6, 6.07) is 5.50. The Kier molecular flexibility index (Phi) is 2.26. The van der Waals surface area contributed by atoms with Crippen molar-refractivity contribution in [3.8, 4) is 0 Å². The van der Waals surface area contributed by atoms with Gasteiger partial charge in [0.2, 0.25) is 5.60 Å². The molecule has 2 aliphatic rings. The predicted molar refractivity (Wildman–Crippen MR) is 64.4 cm³/mol. The molecular formula is C12H10BrNO3. The molecule has 4 nitrogen and oxygen atoms in total. The number of hydrogen-bond acceptors (Lipinski definition) is 3. The van der Waals surface area contributed by atoms with E-state index in [2.05, 4.69) is 21.2 Å². The largest absolute Gasteiger partial charge is 0.444 e. The van der Waals surface area contributed by atoms with Crippen LogP contribution >= 0.6 is 15.9 Å². The summed E-state index contributed by atoms with van der Waals surface area (Å²) in [5.41, 5.74) is 0.381. The van der Waals surface area contributed by atoms with Crippen LogP contribution in [0.3, 0.4) is 0 Å². The third kappa shape index (κ3) is 1.49. The number of benzene rings is 1. The van der Waals surface area contributed by atoms with Crippen molar-refractivity contribution in [1.82, 2.24) is 0 Å². The number of nitrogens with one attached hydrogen (secondary N) is 1. The maximum absolute atomic E-state index is 12.1. The molecular weight excluding hydrogens is 286 g/mol. The molecule has 0 aromatic heterocycles. The van der Waals surface area contributed by atoms with Crippen molar-refractivity contribution in [1.29, 1.82) is 0 Å². The topological polar surface area (TPSA) is 55.4 Å². The third-order valence-corrected chi connectivity index (χ3v) is 3.72. The average molecular weight is 296 g/mol. The van der Waals surface area contributed by atoms with E-state index < -0.39 is 5.60 Å². The van der Waals surface area contributed by atoms with Crippen LogP contribution in [-0.2, 0) is 19.9 Å². The fraction of sp³-hybridized carbons (Fsp3) is 0.333. The normalized spacial score (nSPS) is 26.6. The molecule has 1 aromatic carbocycles. The molecule has 1 saturated heterocycles. The van der Waals surface area contributed by atoms with Crippen LogP contribution in [0.15, 0.2) is 22.7 Å². The molecule has 0 radical (unpaired) electrons. The second kappa shape index (κ2) is 3.57. The van der Waals surface area contributed by atoms with Crippen molar-refractivity contribution in [2.45, 2.75) is 24.9 Å². The Morgan fingerprint density at radius 1 is 1.35 bits per heavy atom. The lowest BCUT2D eigenvalue weighted by Crippen LogP contribution is -2.42. The number of anilines is 1. The minimum absolute atomic E-state index is 0.237. The Balaban J connectivity index is 2.14. The number of esters is 1. The maximum Gasteiger partial charge on any atom is 0.307 e. The maximum atomic E-state index is 12.1. The van der Waals surface area contributed by atoms with Crippen molar-refractivity contribution in [3.63, 3.8) is 0 Å². The molecule has 0 saturated carbocycles. The number of halogens is 1. The molecule has 1 aromatic rings. The van der Waals surface area contributed by atoms with Crippen molar-refractivity contribution in [2.75, 3.05) is 5.32 Å². The minimum atomic E-state index is -1.10. The fourth-order valence-electron chi connectivity index (χ4n) is 2.43. The highest BCUT2D eigenvalue weighted by atomic mass is 79.9. The molecule has 5 heteroatoms. The first-order valence-corrected chi connectivity index (χ1v) is 6.24. The van der Waals surface area contributed by atoms with Gasteiger partial charge in [0.25, 0.3) is 5.91 Å². The number of carbonyl (C=O) groups is 2. The first-order chi connectivity index (χ1) is 8.12. The molecule has 1 N–H and O–H groups in total. The molecule has 1 spiro atoms. The van der Waals surface area contributed by atoms with E-state index in [-0.39, 0.29) is 11.9 Å². The number of ether oxygens (including phenoxy) is 1. The van der Waals surface area contributed by atoms with E-state index in [0.717, 1.165) is 15.7 Å². The highest BCUT2D eigenvalue weighted by Crippen LogP contribution is 2.45. The first kappa shape index (κ1) is 10.8. The average Bonchev–Trinajstić information content (AvgIpc) is 2.53. The predicted octanol–water partition coefficient (Wildman–Crippen LogP) is 2.32. The van der Waals surface area contributed by atoms with Gasteiger partial charge in [-0.25, -0.2) is 0 Å². The summed E-state index contributed by atoms with van der Waals surface area (Å²) in [5.74, 6) is -0.544. The van der Waals surface area contributed by atoms with Crippen LogP contribution in [0.4, 0.5) is 5.69 Å². The Labute approximate surface area is 106 Å². The van der Waals surface area contributed by atoms with Gasteiger partial charge in [-0.1, -0.05) is 15.9 Å². The molecule has 3 rings (SSSR count). The van der Waals surface area contributed by atoms with Crippen LogP contribution in [0.5, 0.6) is 0 Å². The van der Waals surface area contributed by atoms with Crippen LogP contribution in [0, 0.1) is 0 Å². The van der Waals surface area contributed by atoms with Gasteiger partial charge in [-0.15, -0.1) is 0 Å². The summed E-state index contributed by atoms with van der Waals surface area (Å²) in [5, 5.41) is 2.77. The zero-order valence-corrected chi connectivity index (χ0v) is 10.5. The summed E-state index contributed by atoms with van der Waals surface area (Å²) >= 11 is 3.37. The molecule has 2 aliphatic heterocycles. The van der Waals surface area contributed by atoms with Gasteiger partial charge in [-0.2, -0.15) is 0 Å². The van der Waals surface area contributed by atoms with Crippen molar-refractivity contribution < 1.29 is 14.3 Å². The number of amides is 1. The van der Waals surface area contributed by atoms with Gasteiger partial charge in [-0.05, 0) is 24.6 Å². The molecule has 17 heavy (non-hydrogen) atoms. The highest BCUT2D eigenvalue weighted by Gasteiger charge is 2.51. The zero-order chi connectivity index (χ0) is 12.0. The van der Waals surface area contributed by atoms with E-state index in [1.807, 2.05) is 18.2 Å². The second-order valence-electron chi connectivity index (χ2n) is 4.30. The van der Waals surface area contributed by atoms with Gasteiger partial charge in [0.15, 0.2) is 0 Å². The minimum Gasteiger partial charge on any atom is -0.444 e. The number of hydrogen-bond donors (Lipinski definition) is 1. The molecule has 1 fully saturated rings. The summed E-state index contributed by atoms with van der Waals surface area (Å²) in [7, 11) is 0. The van der Waals surface area contributed by atoms with E-state index >= 15 is 0 Å². The van der Waals surface area contributed by atoms with Gasteiger partial charge in [0, 0.05) is 28.6 Å². The molecule has 0 bridgehead atoms. The summed E-state index contributed by atoms with van der Waals surface area (Å²) < 4.78 is 6.23. The van der Waals surface area contributed by atoms with E-state index in [1.54, 1.807) is 0 Å². The van der Waals surface area contributed by atoms with Crippen molar-refractivity contribution >= 4 is 33.5 Å². The number of rotatable bonds is 0. The Morgan fingerprint density at radius 3 is 2.94 bits per heavy atom. The summed E-state index contributed by atoms with van der Waals surface area (Å²) in [4.78, 5) is 23.5. The van der Waals surface area contributed by atoms with Crippen LogP contribution < -0.4 is 5.32 Å². The van der Waals surface area contributed by atoms with Gasteiger partial charge in [-0.3, -0.25) is 9.59 Å². The third-order valence-electron chi connectivity index (χ3n) is 3.23. The number of fused-ring (bicyclic) bond motifs is 2. The van der Waals surface area contributed by atoms with Crippen molar-refractivity contribution in [2.24, 2.45) is 0 Å². The van der Waals surface area contributed by atoms with Gasteiger partial charge in [0.1, 0.15) is 0 Å². The second-order valence-corrected chi connectivity index (χ2v) is 5.21. The quantitative estimate of drug-likeness (QED) is 0.748. The lowest BCUT2D eigenvalue weighted by atomic mass is 9.87. The number of carbonyl (C=O) groups excluding carboxylic acids is 2. The van der Waals surface area contributed by atoms with Crippen LogP contribution in [-0.4, -0.2) is 11.9 Å². The smallest absolute Gasteiger partial charge is 0.307 e. The highest BCUT2D eigenvalue weighted by molar-refractivity contribution is 9.10. The van der Waals surface area contributed by atoms with E-state index in [0.29, 0.717) is 19.3 Å². The molecule has 88 valence electrons. The van der Waals surface area contributed by atoms with Crippen LogP contribution in [0.1, 0.15) is 24.8 Å². The SMILES string of the molecule is O=C1CCCC2(O1)C(=O)Nc1ccc(Br)cc12. The van der Waals surface area contributed by atoms with Gasteiger partial charge < -0.3 is 10.1 Å². The first-order valence-electron chi connectivity index (χ1n) is 5.45. The lowest BCUT2D eigenvalue weighted by Gasteiger charge is -2.31. The Morgan fingerprint density at radius 2 is 2.18 bits per heavy atom. The van der Waals surface area contributed by atoms with Crippen LogP contribution in [0.25, 0.3) is 0 Å². The summed E-state index contributed by atoms with van der Waals surface area (Å²) in [6.07, 6.45) is 1.62. The summed E-state index contributed by atoms with van der Waals surface area (Å²) in [6.45, 7) is 0.